The van der Waals surface area contributed by atoms with Crippen molar-refractivity contribution in [2.24, 2.45) is 7.05 Å². The molecule has 0 amide bonds. The quantitative estimate of drug-likeness (QED) is 0.790. The minimum atomic E-state index is -3.58. The van der Waals surface area contributed by atoms with E-state index in [1.165, 1.54) is 10.9 Å². The zero-order valence-corrected chi connectivity index (χ0v) is 10.6. The number of nitrogens with one attached hydrogen (secondary N) is 1. The van der Waals surface area contributed by atoms with Crippen LogP contribution in [0.3, 0.4) is 0 Å². The number of hydrogen-bond acceptors (Lipinski definition) is 4. The first-order chi connectivity index (χ1) is 7.42. The van der Waals surface area contributed by atoms with Crippen LogP contribution in [0.1, 0.15) is 26.7 Å². The van der Waals surface area contributed by atoms with Crippen molar-refractivity contribution in [1.29, 1.82) is 0 Å². The molecule has 0 atom stereocenters. The number of aromatic nitrogens is 2. The highest BCUT2D eigenvalue weighted by Crippen LogP contribution is 2.16. The summed E-state index contributed by atoms with van der Waals surface area (Å²) in [4.78, 5) is 3.76. The van der Waals surface area contributed by atoms with Gasteiger partial charge in [-0.1, -0.05) is 13.8 Å². The van der Waals surface area contributed by atoms with Crippen molar-refractivity contribution in [2.75, 3.05) is 5.73 Å². The molecule has 0 aliphatic carbocycles. The van der Waals surface area contributed by atoms with E-state index >= 15 is 0 Å². The van der Waals surface area contributed by atoms with Crippen molar-refractivity contribution in [2.45, 2.75) is 37.8 Å². The minimum absolute atomic E-state index is 0.0272. The van der Waals surface area contributed by atoms with Crippen molar-refractivity contribution in [3.63, 3.8) is 0 Å². The van der Waals surface area contributed by atoms with Gasteiger partial charge in [0.1, 0.15) is 0 Å². The van der Waals surface area contributed by atoms with Crippen molar-refractivity contribution in [1.82, 2.24) is 14.3 Å². The maximum absolute atomic E-state index is 12.0. The molecule has 7 heteroatoms. The van der Waals surface area contributed by atoms with Gasteiger partial charge in [-0.05, 0) is 12.8 Å². The van der Waals surface area contributed by atoms with E-state index in [0.29, 0.717) is 0 Å². The van der Waals surface area contributed by atoms with Crippen LogP contribution in [-0.2, 0) is 17.1 Å². The lowest BCUT2D eigenvalue weighted by atomic mass is 10.2. The van der Waals surface area contributed by atoms with E-state index in [2.05, 4.69) is 9.71 Å². The van der Waals surface area contributed by atoms with Crippen molar-refractivity contribution in [3.8, 4) is 0 Å². The van der Waals surface area contributed by atoms with Crippen LogP contribution in [0, 0.1) is 0 Å². The van der Waals surface area contributed by atoms with E-state index in [9.17, 15) is 8.42 Å². The van der Waals surface area contributed by atoms with Gasteiger partial charge in [0.05, 0.1) is 6.33 Å². The number of nitrogens with zero attached hydrogens (tertiary/aromatic N) is 2. The summed E-state index contributed by atoms with van der Waals surface area (Å²) in [6.07, 6.45) is 2.87. The summed E-state index contributed by atoms with van der Waals surface area (Å²) in [6.45, 7) is 3.87. The Hall–Kier alpha value is -1.08. The Morgan fingerprint density at radius 1 is 1.50 bits per heavy atom. The molecule has 16 heavy (non-hydrogen) atoms. The Balaban J connectivity index is 3.03. The summed E-state index contributed by atoms with van der Waals surface area (Å²) >= 11 is 0. The maximum atomic E-state index is 12.0. The molecule has 0 aliphatic rings. The molecular formula is C9H18N4O2S. The third-order valence-corrected chi connectivity index (χ3v) is 4.12. The minimum Gasteiger partial charge on any atom is -0.381 e. The van der Waals surface area contributed by atoms with Gasteiger partial charge < -0.3 is 10.3 Å². The second-order valence-electron chi connectivity index (χ2n) is 3.68. The molecule has 6 nitrogen and oxygen atoms in total. The van der Waals surface area contributed by atoms with Crippen LogP contribution in [0.2, 0.25) is 0 Å². The fourth-order valence-corrected chi connectivity index (χ4v) is 3.13. The Labute approximate surface area is 95.9 Å². The number of nitrogen functional groups attached to an aromatic ring is 1. The van der Waals surface area contributed by atoms with Gasteiger partial charge in [-0.15, -0.1) is 0 Å². The number of hydrogen-bond donors (Lipinski definition) is 2. The maximum Gasteiger partial charge on any atom is 0.260 e. The second kappa shape index (κ2) is 4.84. The van der Waals surface area contributed by atoms with Crippen molar-refractivity contribution < 1.29 is 8.42 Å². The first-order valence-electron chi connectivity index (χ1n) is 5.21. The third-order valence-electron chi connectivity index (χ3n) is 2.47. The molecule has 1 heterocycles. The average Bonchev–Trinajstić information content (AvgIpc) is 2.55. The average molecular weight is 246 g/mol. The van der Waals surface area contributed by atoms with Crippen LogP contribution in [-0.4, -0.2) is 24.0 Å². The standard InChI is InChI=1S/C9H18N4O2S/c1-4-7(5-2)12-16(14,15)9-8(10)11-6-13(9)3/h6-7,12H,4-5,10H2,1-3H3. The lowest BCUT2D eigenvalue weighted by Gasteiger charge is -2.15. The summed E-state index contributed by atoms with van der Waals surface area (Å²) in [5.41, 5.74) is 5.54. The van der Waals surface area contributed by atoms with Crippen LogP contribution in [0.5, 0.6) is 0 Å². The lowest BCUT2D eigenvalue weighted by molar-refractivity contribution is 0.524. The SMILES string of the molecule is CCC(CC)NS(=O)(=O)c1c(N)ncn1C. The van der Waals surface area contributed by atoms with Gasteiger partial charge in [-0.2, -0.15) is 0 Å². The van der Waals surface area contributed by atoms with Crippen molar-refractivity contribution in [3.05, 3.63) is 6.33 Å². The monoisotopic (exact) mass is 246 g/mol. The predicted octanol–water partition coefficient (Wildman–Crippen LogP) is 0.469. The summed E-state index contributed by atoms with van der Waals surface area (Å²) in [6, 6.07) is -0.0701. The predicted molar refractivity (Wildman–Crippen MR) is 62.3 cm³/mol. The van der Waals surface area contributed by atoms with Crippen LogP contribution in [0.25, 0.3) is 0 Å². The Morgan fingerprint density at radius 3 is 2.44 bits per heavy atom. The van der Waals surface area contributed by atoms with E-state index in [4.69, 9.17) is 5.73 Å². The molecule has 0 radical (unpaired) electrons. The number of sulfonamides is 1. The number of aryl methyl sites for hydroxylation is 1. The smallest absolute Gasteiger partial charge is 0.260 e. The highest BCUT2D eigenvalue weighted by atomic mass is 32.2. The first-order valence-corrected chi connectivity index (χ1v) is 6.69. The number of anilines is 1. The highest BCUT2D eigenvalue weighted by molar-refractivity contribution is 7.89. The fourth-order valence-electron chi connectivity index (χ4n) is 1.49. The molecule has 1 aromatic heterocycles. The first kappa shape index (κ1) is 13.0. The number of nitrogens with two attached hydrogens (primary N) is 1. The molecule has 0 saturated heterocycles. The van der Waals surface area contributed by atoms with Gasteiger partial charge in [0.25, 0.3) is 10.0 Å². The fraction of sp³-hybridized carbons (Fsp3) is 0.667. The molecule has 0 bridgehead atoms. The molecular weight excluding hydrogens is 228 g/mol. The van der Waals surface area contributed by atoms with E-state index in [1.54, 1.807) is 7.05 Å². The van der Waals surface area contributed by atoms with Gasteiger partial charge in [-0.25, -0.2) is 18.1 Å². The summed E-state index contributed by atoms with van der Waals surface area (Å²) in [5, 5.41) is 0.0272. The molecule has 0 aromatic carbocycles. The molecule has 92 valence electrons. The number of imidazole rings is 1. The largest absolute Gasteiger partial charge is 0.381 e. The van der Waals surface area contributed by atoms with Gasteiger partial charge in [0, 0.05) is 13.1 Å². The molecule has 1 aromatic rings. The van der Waals surface area contributed by atoms with Crippen LogP contribution < -0.4 is 10.5 Å². The Bertz CT molecular complexity index is 429. The molecule has 0 aliphatic heterocycles. The highest BCUT2D eigenvalue weighted by Gasteiger charge is 2.24. The molecule has 0 fully saturated rings. The second-order valence-corrected chi connectivity index (χ2v) is 5.31. The third kappa shape index (κ3) is 2.53. The Morgan fingerprint density at radius 2 is 2.06 bits per heavy atom. The normalized spacial score (nSPS) is 12.2. The van der Waals surface area contributed by atoms with Gasteiger partial charge in [0.2, 0.25) is 0 Å². The van der Waals surface area contributed by atoms with Crippen LogP contribution >= 0.6 is 0 Å². The number of rotatable bonds is 5. The van der Waals surface area contributed by atoms with E-state index < -0.39 is 10.0 Å². The van der Waals surface area contributed by atoms with E-state index in [-0.39, 0.29) is 16.9 Å². The van der Waals surface area contributed by atoms with E-state index in [0.717, 1.165) is 12.8 Å². The summed E-state index contributed by atoms with van der Waals surface area (Å²) in [7, 11) is -1.97. The molecule has 0 spiro atoms. The van der Waals surface area contributed by atoms with Gasteiger partial charge in [-0.3, -0.25) is 0 Å². The van der Waals surface area contributed by atoms with Crippen molar-refractivity contribution >= 4 is 15.8 Å². The molecule has 1 rings (SSSR count). The molecule has 0 saturated carbocycles. The lowest BCUT2D eigenvalue weighted by Crippen LogP contribution is -2.35. The van der Waals surface area contributed by atoms with Gasteiger partial charge >= 0.3 is 0 Å². The van der Waals surface area contributed by atoms with E-state index in [1.807, 2.05) is 13.8 Å². The summed E-state index contributed by atoms with van der Waals surface area (Å²) in [5.74, 6) is 0.0287. The molecule has 3 N–H and O–H groups in total. The van der Waals surface area contributed by atoms with Gasteiger partial charge in [0.15, 0.2) is 10.8 Å². The zero-order chi connectivity index (χ0) is 12.3. The van der Waals surface area contributed by atoms with Crippen LogP contribution in [0.4, 0.5) is 5.82 Å². The van der Waals surface area contributed by atoms with Crippen LogP contribution in [0.15, 0.2) is 11.4 Å². The topological polar surface area (TPSA) is 90.0 Å². The Kier molecular flexibility index (Phi) is 3.93. The zero-order valence-electron chi connectivity index (χ0n) is 9.77. The summed E-state index contributed by atoms with van der Waals surface area (Å²) < 4.78 is 28.0. The molecule has 0 unspecified atom stereocenters.